The summed E-state index contributed by atoms with van der Waals surface area (Å²) in [4.78, 5) is 25.2. The van der Waals surface area contributed by atoms with Gasteiger partial charge in [-0.05, 0) is 47.4 Å². The van der Waals surface area contributed by atoms with Crippen LogP contribution in [-0.2, 0) is 10.2 Å². The van der Waals surface area contributed by atoms with Gasteiger partial charge in [-0.25, -0.2) is 14.9 Å². The van der Waals surface area contributed by atoms with Crippen molar-refractivity contribution >= 4 is 23.1 Å². The number of carbonyl (C=O) groups is 1. The van der Waals surface area contributed by atoms with Crippen molar-refractivity contribution in [3.63, 3.8) is 0 Å². The minimum Gasteiger partial charge on any atom is -0.484 e. The normalized spacial score (nSPS) is 11.7. The van der Waals surface area contributed by atoms with Crippen LogP contribution in [0.4, 0.5) is 0 Å². The van der Waals surface area contributed by atoms with Gasteiger partial charge in [-0.2, -0.15) is 10.2 Å². The first-order valence-corrected chi connectivity index (χ1v) is 12.5. The van der Waals surface area contributed by atoms with Crippen molar-refractivity contribution in [3.05, 3.63) is 113 Å². The summed E-state index contributed by atoms with van der Waals surface area (Å²) >= 11 is 0. The number of aromatic nitrogens is 2. The van der Waals surface area contributed by atoms with Gasteiger partial charge in [0.05, 0.1) is 17.5 Å². The molecule has 0 unspecified atom stereocenters. The van der Waals surface area contributed by atoms with E-state index in [4.69, 9.17) is 9.15 Å². The SMILES string of the molecule is CC(C)(C)c1ccc(OCC(=O)NN=Cc2cn(-c3ccccc3)nc2-c2cc3ccccc3oc2=O)cc1. The molecule has 0 aliphatic carbocycles. The van der Waals surface area contributed by atoms with Crippen molar-refractivity contribution in [2.75, 3.05) is 6.61 Å². The number of hydrogen-bond donors (Lipinski definition) is 1. The Morgan fingerprint density at radius 1 is 1.03 bits per heavy atom. The van der Waals surface area contributed by atoms with Gasteiger partial charge >= 0.3 is 5.63 Å². The van der Waals surface area contributed by atoms with Gasteiger partial charge in [0.2, 0.25) is 0 Å². The van der Waals surface area contributed by atoms with Gasteiger partial charge < -0.3 is 9.15 Å². The number of fused-ring (bicyclic) bond motifs is 1. The fourth-order valence-electron chi connectivity index (χ4n) is 4.04. The summed E-state index contributed by atoms with van der Waals surface area (Å²) in [5, 5.41) is 9.51. The molecule has 5 rings (SSSR count). The Hall–Kier alpha value is -4.98. The average molecular weight is 521 g/mol. The highest BCUT2D eigenvalue weighted by atomic mass is 16.5. The van der Waals surface area contributed by atoms with Gasteiger partial charge in [-0.3, -0.25) is 4.79 Å². The lowest BCUT2D eigenvalue weighted by atomic mass is 9.87. The number of hydrazone groups is 1. The van der Waals surface area contributed by atoms with E-state index in [2.05, 4.69) is 36.4 Å². The van der Waals surface area contributed by atoms with Gasteiger partial charge in [0.25, 0.3) is 5.91 Å². The second kappa shape index (κ2) is 10.8. The van der Waals surface area contributed by atoms with Gasteiger partial charge in [0.1, 0.15) is 17.0 Å². The van der Waals surface area contributed by atoms with E-state index in [0.29, 0.717) is 22.6 Å². The van der Waals surface area contributed by atoms with Crippen molar-refractivity contribution < 1.29 is 13.9 Å². The Balaban J connectivity index is 1.35. The smallest absolute Gasteiger partial charge is 0.345 e. The fourth-order valence-corrected chi connectivity index (χ4v) is 4.04. The quantitative estimate of drug-likeness (QED) is 0.174. The van der Waals surface area contributed by atoms with E-state index in [1.165, 1.54) is 11.8 Å². The fraction of sp³-hybridized carbons (Fsp3) is 0.161. The number of benzene rings is 3. The molecule has 0 fully saturated rings. The second-order valence-electron chi connectivity index (χ2n) is 10.1. The second-order valence-corrected chi connectivity index (χ2v) is 10.1. The van der Waals surface area contributed by atoms with E-state index in [9.17, 15) is 9.59 Å². The summed E-state index contributed by atoms with van der Waals surface area (Å²) in [6.45, 7) is 6.21. The molecule has 2 heterocycles. The molecule has 1 amide bonds. The number of hydrogen-bond acceptors (Lipinski definition) is 6. The maximum atomic E-state index is 12.9. The van der Waals surface area contributed by atoms with Crippen molar-refractivity contribution in [1.82, 2.24) is 15.2 Å². The molecular weight excluding hydrogens is 492 g/mol. The standard InChI is InChI=1S/C31H28N4O4/c1-31(2,3)23-13-15-25(16-14-23)38-20-28(36)33-32-18-22-19-35(24-10-5-4-6-11-24)34-29(22)26-17-21-9-7-8-12-27(21)39-30(26)37/h4-19H,20H2,1-3H3,(H,33,36). The van der Waals surface area contributed by atoms with Crippen molar-refractivity contribution in [2.45, 2.75) is 26.2 Å². The molecule has 0 atom stereocenters. The van der Waals surface area contributed by atoms with Crippen LogP contribution < -0.4 is 15.8 Å². The summed E-state index contributed by atoms with van der Waals surface area (Å²) in [7, 11) is 0. The number of nitrogens with one attached hydrogen (secondary N) is 1. The summed E-state index contributed by atoms with van der Waals surface area (Å²) in [5.74, 6) is 0.171. The molecule has 0 radical (unpaired) electrons. The van der Waals surface area contributed by atoms with E-state index in [0.717, 1.165) is 11.1 Å². The number of nitrogens with zero attached hydrogens (tertiary/aromatic N) is 3. The molecule has 2 aromatic heterocycles. The number of ether oxygens (including phenoxy) is 1. The molecule has 39 heavy (non-hydrogen) atoms. The maximum Gasteiger partial charge on any atom is 0.345 e. The lowest BCUT2D eigenvalue weighted by Crippen LogP contribution is -2.24. The van der Waals surface area contributed by atoms with Crippen molar-refractivity contribution in [1.29, 1.82) is 0 Å². The van der Waals surface area contributed by atoms with Crippen LogP contribution in [0.3, 0.4) is 0 Å². The van der Waals surface area contributed by atoms with Gasteiger partial charge in [-0.15, -0.1) is 0 Å². The molecular formula is C31H28N4O4. The number of amides is 1. The zero-order valence-electron chi connectivity index (χ0n) is 21.9. The first-order chi connectivity index (χ1) is 18.8. The van der Waals surface area contributed by atoms with Crippen LogP contribution in [-0.4, -0.2) is 28.5 Å². The Labute approximate surface area is 225 Å². The maximum absolute atomic E-state index is 12.9. The Morgan fingerprint density at radius 2 is 1.74 bits per heavy atom. The van der Waals surface area contributed by atoms with E-state index in [1.807, 2.05) is 66.7 Å². The highest BCUT2D eigenvalue weighted by Gasteiger charge is 2.17. The van der Waals surface area contributed by atoms with Gasteiger partial charge in [0.15, 0.2) is 6.61 Å². The Kier molecular flexibility index (Phi) is 7.10. The predicted octanol–water partition coefficient (Wildman–Crippen LogP) is 5.47. The number of carbonyl (C=O) groups excluding carboxylic acids is 1. The number of rotatable bonds is 7. The molecule has 196 valence electrons. The molecule has 0 aliphatic rings. The zero-order valence-corrected chi connectivity index (χ0v) is 21.9. The Morgan fingerprint density at radius 3 is 2.49 bits per heavy atom. The summed E-state index contributed by atoms with van der Waals surface area (Å²) in [5.41, 5.74) is 5.66. The monoisotopic (exact) mass is 520 g/mol. The van der Waals surface area contributed by atoms with Crippen LogP contribution in [0.2, 0.25) is 0 Å². The van der Waals surface area contributed by atoms with Crippen LogP contribution in [0.15, 0.2) is 105 Å². The minimum absolute atomic E-state index is 0.0333. The molecule has 0 aliphatic heterocycles. The van der Waals surface area contributed by atoms with Crippen LogP contribution in [0.5, 0.6) is 5.75 Å². The average Bonchev–Trinajstić information content (AvgIpc) is 3.35. The third kappa shape index (κ3) is 5.96. The Bertz CT molecular complexity index is 1700. The molecule has 0 saturated heterocycles. The lowest BCUT2D eigenvalue weighted by Gasteiger charge is -2.19. The topological polar surface area (TPSA) is 98.7 Å². The molecule has 5 aromatic rings. The molecule has 0 saturated carbocycles. The molecule has 1 N–H and O–H groups in total. The van der Waals surface area contributed by atoms with Crippen LogP contribution >= 0.6 is 0 Å². The molecule has 0 bridgehead atoms. The summed E-state index contributed by atoms with van der Waals surface area (Å²) in [6, 6.07) is 26.2. The van der Waals surface area contributed by atoms with Gasteiger partial charge in [-0.1, -0.05) is 69.3 Å². The highest BCUT2D eigenvalue weighted by Crippen LogP contribution is 2.25. The molecule has 0 spiro atoms. The molecule has 8 heteroatoms. The first kappa shape index (κ1) is 25.7. The van der Waals surface area contributed by atoms with Crippen molar-refractivity contribution in [2.24, 2.45) is 5.10 Å². The lowest BCUT2D eigenvalue weighted by molar-refractivity contribution is -0.123. The van der Waals surface area contributed by atoms with E-state index >= 15 is 0 Å². The van der Waals surface area contributed by atoms with Crippen LogP contribution in [0, 0.1) is 0 Å². The van der Waals surface area contributed by atoms with E-state index < -0.39 is 11.5 Å². The third-order valence-corrected chi connectivity index (χ3v) is 6.14. The largest absolute Gasteiger partial charge is 0.484 e. The van der Waals surface area contributed by atoms with E-state index in [-0.39, 0.29) is 17.6 Å². The van der Waals surface area contributed by atoms with Gasteiger partial charge in [0, 0.05) is 17.1 Å². The molecule has 3 aromatic carbocycles. The minimum atomic E-state index is -0.517. The highest BCUT2D eigenvalue weighted by molar-refractivity contribution is 5.91. The summed E-state index contributed by atoms with van der Waals surface area (Å²) in [6.07, 6.45) is 3.19. The summed E-state index contributed by atoms with van der Waals surface area (Å²) < 4.78 is 12.8. The van der Waals surface area contributed by atoms with Crippen LogP contribution in [0.1, 0.15) is 31.9 Å². The number of para-hydroxylation sites is 2. The van der Waals surface area contributed by atoms with Crippen LogP contribution in [0.25, 0.3) is 27.9 Å². The van der Waals surface area contributed by atoms with E-state index in [1.54, 1.807) is 29.1 Å². The van der Waals surface area contributed by atoms with Crippen molar-refractivity contribution in [3.8, 4) is 22.7 Å². The molecule has 8 nitrogen and oxygen atoms in total. The first-order valence-electron chi connectivity index (χ1n) is 12.5. The zero-order chi connectivity index (χ0) is 27.4. The third-order valence-electron chi connectivity index (χ3n) is 6.14. The predicted molar refractivity (Wildman–Crippen MR) is 151 cm³/mol.